The fourth-order valence-corrected chi connectivity index (χ4v) is 1.26. The molecule has 1 aromatic carbocycles. The molecule has 15 heavy (non-hydrogen) atoms. The molecule has 0 saturated carbocycles. The van der Waals surface area contributed by atoms with Crippen molar-refractivity contribution < 1.29 is 0 Å². The van der Waals surface area contributed by atoms with Crippen molar-refractivity contribution in [2.24, 2.45) is 0 Å². The van der Waals surface area contributed by atoms with Crippen molar-refractivity contribution in [3.63, 3.8) is 0 Å². The second-order valence-corrected chi connectivity index (χ2v) is 3.36. The van der Waals surface area contributed by atoms with Gasteiger partial charge in [-0.3, -0.25) is 0 Å². The Morgan fingerprint density at radius 1 is 1.13 bits per heavy atom. The molecule has 0 N–H and O–H groups in total. The maximum atomic E-state index is 3.61. The van der Waals surface area contributed by atoms with Crippen LogP contribution in [0.2, 0.25) is 0 Å². The van der Waals surface area contributed by atoms with E-state index in [0.29, 0.717) is 0 Å². The normalized spacial score (nSPS) is 11.0. The SMILES string of the molecule is C=C/C=C\C=C/N(C)Cc1ccccc1. The van der Waals surface area contributed by atoms with Crippen molar-refractivity contribution in [2.45, 2.75) is 6.54 Å². The molecule has 0 aromatic heterocycles. The molecular formula is C14H17N. The fourth-order valence-electron chi connectivity index (χ4n) is 1.26. The summed E-state index contributed by atoms with van der Waals surface area (Å²) in [5.74, 6) is 0. The largest absolute Gasteiger partial charge is 0.376 e. The summed E-state index contributed by atoms with van der Waals surface area (Å²) >= 11 is 0. The lowest BCUT2D eigenvalue weighted by molar-refractivity contribution is 0.451. The zero-order valence-corrected chi connectivity index (χ0v) is 9.13. The van der Waals surface area contributed by atoms with E-state index in [2.05, 4.69) is 42.8 Å². The summed E-state index contributed by atoms with van der Waals surface area (Å²) in [4.78, 5) is 2.14. The molecule has 0 fully saturated rings. The Bertz CT molecular complexity index is 336. The van der Waals surface area contributed by atoms with Crippen LogP contribution >= 0.6 is 0 Å². The van der Waals surface area contributed by atoms with Crippen molar-refractivity contribution in [3.05, 3.63) is 73.0 Å². The molecule has 0 bridgehead atoms. The molecule has 1 heteroatoms. The van der Waals surface area contributed by atoms with Crippen LogP contribution in [0.4, 0.5) is 0 Å². The van der Waals surface area contributed by atoms with Crippen LogP contribution in [-0.2, 0) is 6.54 Å². The highest BCUT2D eigenvalue weighted by atomic mass is 15.1. The van der Waals surface area contributed by atoms with Gasteiger partial charge in [-0.25, -0.2) is 0 Å². The molecule has 0 atom stereocenters. The third-order valence-corrected chi connectivity index (χ3v) is 1.97. The van der Waals surface area contributed by atoms with E-state index in [1.54, 1.807) is 6.08 Å². The average molecular weight is 199 g/mol. The lowest BCUT2D eigenvalue weighted by Gasteiger charge is -2.13. The fraction of sp³-hybridized carbons (Fsp3) is 0.143. The third-order valence-electron chi connectivity index (χ3n) is 1.97. The molecule has 78 valence electrons. The van der Waals surface area contributed by atoms with Gasteiger partial charge in [0, 0.05) is 13.6 Å². The van der Waals surface area contributed by atoms with Gasteiger partial charge in [0.1, 0.15) is 0 Å². The number of rotatable bonds is 5. The van der Waals surface area contributed by atoms with Crippen LogP contribution in [0.15, 0.2) is 67.4 Å². The Labute approximate surface area is 92.0 Å². The molecule has 0 aliphatic heterocycles. The highest BCUT2D eigenvalue weighted by Crippen LogP contribution is 2.02. The predicted octanol–water partition coefficient (Wildman–Crippen LogP) is 3.37. The van der Waals surface area contributed by atoms with Gasteiger partial charge in [-0.15, -0.1) is 0 Å². The van der Waals surface area contributed by atoms with Gasteiger partial charge in [0.05, 0.1) is 0 Å². The highest BCUT2D eigenvalue weighted by molar-refractivity contribution is 5.15. The minimum absolute atomic E-state index is 0.930. The molecule has 0 unspecified atom stereocenters. The topological polar surface area (TPSA) is 3.24 Å². The molecule has 0 aliphatic carbocycles. The van der Waals surface area contributed by atoms with Crippen LogP contribution in [-0.4, -0.2) is 11.9 Å². The van der Waals surface area contributed by atoms with E-state index in [9.17, 15) is 0 Å². The van der Waals surface area contributed by atoms with Gasteiger partial charge in [0.15, 0.2) is 0 Å². The minimum Gasteiger partial charge on any atom is -0.376 e. The first-order valence-corrected chi connectivity index (χ1v) is 5.03. The monoisotopic (exact) mass is 199 g/mol. The predicted molar refractivity (Wildman–Crippen MR) is 66.4 cm³/mol. The number of hydrogen-bond acceptors (Lipinski definition) is 1. The van der Waals surface area contributed by atoms with Gasteiger partial charge >= 0.3 is 0 Å². The summed E-state index contributed by atoms with van der Waals surface area (Å²) in [6.45, 7) is 4.54. The van der Waals surface area contributed by atoms with Crippen molar-refractivity contribution in [2.75, 3.05) is 7.05 Å². The second-order valence-electron chi connectivity index (χ2n) is 3.36. The van der Waals surface area contributed by atoms with Crippen LogP contribution in [0, 0.1) is 0 Å². The van der Waals surface area contributed by atoms with E-state index in [4.69, 9.17) is 0 Å². The van der Waals surface area contributed by atoms with Crippen LogP contribution in [0.1, 0.15) is 5.56 Å². The smallest absolute Gasteiger partial charge is 0.0420 e. The summed E-state index contributed by atoms with van der Waals surface area (Å²) in [5, 5.41) is 0. The quantitative estimate of drug-likeness (QED) is 0.657. The summed E-state index contributed by atoms with van der Waals surface area (Å²) in [7, 11) is 2.06. The Kier molecular flexibility index (Phi) is 5.02. The molecule has 0 amide bonds. The lowest BCUT2D eigenvalue weighted by atomic mass is 10.2. The molecule has 0 saturated heterocycles. The van der Waals surface area contributed by atoms with E-state index in [-0.39, 0.29) is 0 Å². The van der Waals surface area contributed by atoms with Gasteiger partial charge in [0.2, 0.25) is 0 Å². The van der Waals surface area contributed by atoms with E-state index >= 15 is 0 Å². The van der Waals surface area contributed by atoms with Gasteiger partial charge in [-0.05, 0) is 17.8 Å². The molecule has 1 rings (SSSR count). The summed E-state index contributed by atoms with van der Waals surface area (Å²) in [5.41, 5.74) is 1.32. The van der Waals surface area contributed by atoms with Gasteiger partial charge in [-0.2, -0.15) is 0 Å². The summed E-state index contributed by atoms with van der Waals surface area (Å²) in [6.07, 6.45) is 9.69. The van der Waals surface area contributed by atoms with E-state index in [1.165, 1.54) is 5.56 Å². The molecular weight excluding hydrogens is 182 g/mol. The van der Waals surface area contributed by atoms with Gasteiger partial charge in [0.25, 0.3) is 0 Å². The van der Waals surface area contributed by atoms with Crippen molar-refractivity contribution in [1.82, 2.24) is 4.90 Å². The first kappa shape index (κ1) is 11.3. The number of allylic oxidation sites excluding steroid dienone is 4. The zero-order chi connectivity index (χ0) is 10.9. The second kappa shape index (κ2) is 6.66. The molecule has 0 heterocycles. The first-order valence-electron chi connectivity index (χ1n) is 5.03. The maximum Gasteiger partial charge on any atom is 0.0420 e. The first-order chi connectivity index (χ1) is 7.33. The van der Waals surface area contributed by atoms with E-state index in [1.807, 2.05) is 30.5 Å². The highest BCUT2D eigenvalue weighted by Gasteiger charge is 1.92. The van der Waals surface area contributed by atoms with E-state index in [0.717, 1.165) is 6.54 Å². The Morgan fingerprint density at radius 2 is 1.87 bits per heavy atom. The summed E-state index contributed by atoms with van der Waals surface area (Å²) < 4.78 is 0. The van der Waals surface area contributed by atoms with Gasteiger partial charge in [-0.1, -0.05) is 55.1 Å². The molecule has 0 radical (unpaired) electrons. The Morgan fingerprint density at radius 3 is 2.53 bits per heavy atom. The number of hydrogen-bond donors (Lipinski definition) is 0. The minimum atomic E-state index is 0.930. The Balaban J connectivity index is 2.42. The molecule has 0 aliphatic rings. The molecule has 1 aromatic rings. The van der Waals surface area contributed by atoms with Crippen LogP contribution < -0.4 is 0 Å². The van der Waals surface area contributed by atoms with Gasteiger partial charge < -0.3 is 4.90 Å². The third kappa shape index (κ3) is 4.87. The average Bonchev–Trinajstić information content (AvgIpc) is 2.26. The van der Waals surface area contributed by atoms with Crippen LogP contribution in [0.5, 0.6) is 0 Å². The van der Waals surface area contributed by atoms with Crippen molar-refractivity contribution >= 4 is 0 Å². The maximum absolute atomic E-state index is 3.61. The number of nitrogens with zero attached hydrogens (tertiary/aromatic N) is 1. The molecule has 1 nitrogen and oxygen atoms in total. The summed E-state index contributed by atoms with van der Waals surface area (Å²) in [6, 6.07) is 10.4. The van der Waals surface area contributed by atoms with Crippen molar-refractivity contribution in [3.8, 4) is 0 Å². The van der Waals surface area contributed by atoms with Crippen molar-refractivity contribution in [1.29, 1.82) is 0 Å². The van der Waals surface area contributed by atoms with E-state index < -0.39 is 0 Å². The van der Waals surface area contributed by atoms with Crippen LogP contribution in [0.25, 0.3) is 0 Å². The standard InChI is InChI=1S/C14H17N/c1-3-4-5-9-12-15(2)13-14-10-7-6-8-11-14/h3-12H,1,13H2,2H3/b5-4-,12-9-. The van der Waals surface area contributed by atoms with Crippen LogP contribution in [0.3, 0.4) is 0 Å². The Hall–Kier alpha value is -1.76. The zero-order valence-electron chi connectivity index (χ0n) is 9.13. The molecule has 0 spiro atoms. The lowest BCUT2D eigenvalue weighted by Crippen LogP contribution is -2.09. The number of benzene rings is 1.